The lowest BCUT2D eigenvalue weighted by Crippen LogP contribution is -1.96. The van der Waals surface area contributed by atoms with E-state index in [1.165, 1.54) is 7.11 Å². The number of hydrogen-bond donors (Lipinski definition) is 0. The van der Waals surface area contributed by atoms with Gasteiger partial charge in [0, 0.05) is 11.2 Å². The van der Waals surface area contributed by atoms with Crippen molar-refractivity contribution in [3.05, 3.63) is 35.1 Å². The standard InChI is InChI=1S/C10H10ClNO2/c1-14-10(13)4-2-3-9-7-8(11)5-6-12-9/h2-3,5-7H,4H2,1H3. The molecule has 0 saturated heterocycles. The molecule has 1 aromatic heterocycles. The first kappa shape index (κ1) is 10.7. The largest absolute Gasteiger partial charge is 0.469 e. The van der Waals surface area contributed by atoms with Gasteiger partial charge >= 0.3 is 5.97 Å². The summed E-state index contributed by atoms with van der Waals surface area (Å²) in [7, 11) is 1.35. The minimum Gasteiger partial charge on any atom is -0.469 e. The molecule has 0 aliphatic rings. The Morgan fingerprint density at radius 3 is 3.14 bits per heavy atom. The molecule has 0 unspecified atom stereocenters. The Bertz CT molecular complexity index is 350. The number of aromatic nitrogens is 1. The zero-order chi connectivity index (χ0) is 10.4. The van der Waals surface area contributed by atoms with Crippen LogP contribution in [0.3, 0.4) is 0 Å². The van der Waals surface area contributed by atoms with Crippen LogP contribution in [-0.2, 0) is 9.53 Å². The lowest BCUT2D eigenvalue weighted by atomic mass is 10.3. The summed E-state index contributed by atoms with van der Waals surface area (Å²) >= 11 is 5.75. The number of nitrogens with zero attached hydrogens (tertiary/aromatic N) is 1. The second-order valence-electron chi connectivity index (χ2n) is 2.58. The van der Waals surface area contributed by atoms with Crippen molar-refractivity contribution < 1.29 is 9.53 Å². The van der Waals surface area contributed by atoms with Crippen LogP contribution in [-0.4, -0.2) is 18.1 Å². The molecule has 4 heteroatoms. The highest BCUT2D eigenvalue weighted by Gasteiger charge is 1.94. The number of esters is 1. The fourth-order valence-electron chi connectivity index (χ4n) is 0.872. The lowest BCUT2D eigenvalue weighted by Gasteiger charge is -1.94. The van der Waals surface area contributed by atoms with Crippen LogP contribution < -0.4 is 0 Å². The van der Waals surface area contributed by atoms with E-state index in [4.69, 9.17) is 11.6 Å². The van der Waals surface area contributed by atoms with Crippen molar-refractivity contribution in [3.8, 4) is 0 Å². The molecule has 0 aliphatic heterocycles. The van der Waals surface area contributed by atoms with E-state index < -0.39 is 0 Å². The number of carbonyl (C=O) groups excluding carboxylic acids is 1. The Morgan fingerprint density at radius 2 is 2.50 bits per heavy atom. The van der Waals surface area contributed by atoms with E-state index in [1.54, 1.807) is 30.5 Å². The van der Waals surface area contributed by atoms with Crippen molar-refractivity contribution >= 4 is 23.6 Å². The van der Waals surface area contributed by atoms with E-state index in [-0.39, 0.29) is 12.4 Å². The normalized spacial score (nSPS) is 10.4. The molecule has 0 amide bonds. The number of halogens is 1. The van der Waals surface area contributed by atoms with Gasteiger partial charge in [0.25, 0.3) is 0 Å². The van der Waals surface area contributed by atoms with E-state index in [9.17, 15) is 4.79 Å². The average molecular weight is 212 g/mol. The topological polar surface area (TPSA) is 39.2 Å². The Hall–Kier alpha value is -1.35. The fourth-order valence-corrected chi connectivity index (χ4v) is 1.04. The molecule has 0 saturated carbocycles. The van der Waals surface area contributed by atoms with Gasteiger partial charge in [-0.25, -0.2) is 0 Å². The van der Waals surface area contributed by atoms with Crippen molar-refractivity contribution in [2.24, 2.45) is 0 Å². The fraction of sp³-hybridized carbons (Fsp3) is 0.200. The van der Waals surface area contributed by atoms with Crippen molar-refractivity contribution in [1.29, 1.82) is 0 Å². The van der Waals surface area contributed by atoms with Crippen molar-refractivity contribution in [3.63, 3.8) is 0 Å². The van der Waals surface area contributed by atoms with Gasteiger partial charge in [-0.05, 0) is 18.2 Å². The van der Waals surface area contributed by atoms with Crippen LogP contribution in [0.4, 0.5) is 0 Å². The number of ether oxygens (including phenoxy) is 1. The second kappa shape index (κ2) is 5.40. The first-order valence-electron chi connectivity index (χ1n) is 4.07. The molecule has 1 rings (SSSR count). The Balaban J connectivity index is 2.56. The third kappa shape index (κ3) is 3.58. The number of rotatable bonds is 3. The van der Waals surface area contributed by atoms with Gasteiger partial charge in [-0.1, -0.05) is 17.7 Å². The molecule has 1 aromatic rings. The molecule has 0 aliphatic carbocycles. The van der Waals surface area contributed by atoms with Crippen LogP contribution in [0.15, 0.2) is 24.4 Å². The summed E-state index contributed by atoms with van der Waals surface area (Å²) < 4.78 is 4.48. The molecule has 1 heterocycles. The SMILES string of the molecule is COC(=O)CC=Cc1cc(Cl)ccn1. The van der Waals surface area contributed by atoms with Crippen LogP contribution in [0, 0.1) is 0 Å². The van der Waals surface area contributed by atoms with E-state index in [0.29, 0.717) is 5.02 Å². The molecule has 0 N–H and O–H groups in total. The van der Waals surface area contributed by atoms with Gasteiger partial charge in [-0.3, -0.25) is 9.78 Å². The Morgan fingerprint density at radius 1 is 1.71 bits per heavy atom. The van der Waals surface area contributed by atoms with Gasteiger partial charge in [0.15, 0.2) is 0 Å². The molecule has 0 radical (unpaired) electrons. The highest BCUT2D eigenvalue weighted by atomic mass is 35.5. The summed E-state index contributed by atoms with van der Waals surface area (Å²) in [6.07, 6.45) is 5.26. The van der Waals surface area contributed by atoms with Crippen LogP contribution >= 0.6 is 11.6 Å². The predicted octanol–water partition coefficient (Wildman–Crippen LogP) is 2.31. The molecule has 0 bridgehead atoms. The maximum Gasteiger partial charge on any atom is 0.309 e. The molecule has 0 spiro atoms. The zero-order valence-corrected chi connectivity index (χ0v) is 8.49. The minimum atomic E-state index is -0.275. The van der Waals surface area contributed by atoms with Crippen molar-refractivity contribution in [2.45, 2.75) is 6.42 Å². The monoisotopic (exact) mass is 211 g/mol. The van der Waals surface area contributed by atoms with Crippen molar-refractivity contribution in [1.82, 2.24) is 4.98 Å². The van der Waals surface area contributed by atoms with E-state index in [0.717, 1.165) is 5.69 Å². The summed E-state index contributed by atoms with van der Waals surface area (Å²) in [5.41, 5.74) is 0.724. The zero-order valence-electron chi connectivity index (χ0n) is 7.74. The average Bonchev–Trinajstić information content (AvgIpc) is 2.17. The van der Waals surface area contributed by atoms with Crippen LogP contribution in [0.5, 0.6) is 0 Å². The molecular weight excluding hydrogens is 202 g/mol. The maximum absolute atomic E-state index is 10.7. The predicted molar refractivity (Wildman–Crippen MR) is 54.9 cm³/mol. The second-order valence-corrected chi connectivity index (χ2v) is 3.02. The van der Waals surface area contributed by atoms with Gasteiger partial charge in [-0.2, -0.15) is 0 Å². The smallest absolute Gasteiger partial charge is 0.309 e. The minimum absolute atomic E-state index is 0.241. The van der Waals surface area contributed by atoms with Gasteiger partial charge < -0.3 is 4.74 Å². The van der Waals surface area contributed by atoms with E-state index in [1.807, 2.05) is 0 Å². The van der Waals surface area contributed by atoms with E-state index >= 15 is 0 Å². The third-order valence-electron chi connectivity index (χ3n) is 1.54. The van der Waals surface area contributed by atoms with Gasteiger partial charge in [-0.15, -0.1) is 0 Å². The molecular formula is C10H10ClNO2. The molecule has 0 fully saturated rings. The summed E-state index contributed by atoms with van der Waals surface area (Å²) in [5, 5.41) is 0.623. The summed E-state index contributed by atoms with van der Waals surface area (Å²) in [5.74, 6) is -0.275. The summed E-state index contributed by atoms with van der Waals surface area (Å²) in [4.78, 5) is 14.8. The van der Waals surface area contributed by atoms with Gasteiger partial charge in [0.1, 0.15) is 0 Å². The molecule has 3 nitrogen and oxygen atoms in total. The molecule has 0 aromatic carbocycles. The first-order valence-corrected chi connectivity index (χ1v) is 4.45. The number of methoxy groups -OCH3 is 1. The molecule has 14 heavy (non-hydrogen) atoms. The third-order valence-corrected chi connectivity index (χ3v) is 1.78. The van der Waals surface area contributed by atoms with E-state index in [2.05, 4.69) is 9.72 Å². The number of pyridine rings is 1. The molecule has 0 atom stereocenters. The van der Waals surface area contributed by atoms with Gasteiger partial charge in [0.05, 0.1) is 19.2 Å². The summed E-state index contributed by atoms with van der Waals surface area (Å²) in [6.45, 7) is 0. The lowest BCUT2D eigenvalue weighted by molar-refractivity contribution is -0.139. The number of carbonyl (C=O) groups is 1. The summed E-state index contributed by atoms with van der Waals surface area (Å²) in [6, 6.07) is 3.41. The van der Waals surface area contributed by atoms with Crippen LogP contribution in [0.1, 0.15) is 12.1 Å². The Kier molecular flexibility index (Phi) is 4.13. The first-order chi connectivity index (χ1) is 6.72. The van der Waals surface area contributed by atoms with Crippen LogP contribution in [0.2, 0.25) is 5.02 Å². The van der Waals surface area contributed by atoms with Crippen molar-refractivity contribution in [2.75, 3.05) is 7.11 Å². The van der Waals surface area contributed by atoms with Crippen LogP contribution in [0.25, 0.3) is 6.08 Å². The molecule has 74 valence electrons. The Labute approximate surface area is 87.4 Å². The quantitative estimate of drug-likeness (QED) is 0.721. The maximum atomic E-state index is 10.7. The van der Waals surface area contributed by atoms with Gasteiger partial charge in [0.2, 0.25) is 0 Å². The highest BCUT2D eigenvalue weighted by molar-refractivity contribution is 6.30. The highest BCUT2D eigenvalue weighted by Crippen LogP contribution is 2.09. The number of hydrogen-bond acceptors (Lipinski definition) is 3.